The minimum atomic E-state index is -0.434. The SMILES string of the molecule is O=C(COc1cccc(Br)c1)Oc1cccc2ccccc12. The molecule has 0 N–H and O–H groups in total. The van der Waals surface area contributed by atoms with E-state index in [0.29, 0.717) is 11.5 Å². The fourth-order valence-corrected chi connectivity index (χ4v) is 2.51. The van der Waals surface area contributed by atoms with Crippen molar-refractivity contribution in [1.82, 2.24) is 0 Å². The smallest absolute Gasteiger partial charge is 0.349 e. The van der Waals surface area contributed by atoms with E-state index < -0.39 is 5.97 Å². The van der Waals surface area contributed by atoms with Gasteiger partial charge in [0.15, 0.2) is 6.61 Å². The first-order valence-corrected chi connectivity index (χ1v) is 7.58. The van der Waals surface area contributed by atoms with Crippen molar-refractivity contribution in [2.75, 3.05) is 6.61 Å². The van der Waals surface area contributed by atoms with Gasteiger partial charge in [-0.25, -0.2) is 4.79 Å². The number of esters is 1. The number of halogens is 1. The summed E-state index contributed by atoms with van der Waals surface area (Å²) in [6, 6.07) is 20.7. The van der Waals surface area contributed by atoms with Crippen LogP contribution in [0.5, 0.6) is 11.5 Å². The maximum absolute atomic E-state index is 12.0. The van der Waals surface area contributed by atoms with Gasteiger partial charge in [0.05, 0.1) is 0 Å². The zero-order valence-corrected chi connectivity index (χ0v) is 13.2. The van der Waals surface area contributed by atoms with E-state index in [-0.39, 0.29) is 6.61 Å². The number of carbonyl (C=O) groups is 1. The molecule has 3 rings (SSSR count). The minimum absolute atomic E-state index is 0.139. The van der Waals surface area contributed by atoms with Crippen LogP contribution in [0.4, 0.5) is 0 Å². The third-order valence-corrected chi connectivity index (χ3v) is 3.62. The van der Waals surface area contributed by atoms with E-state index in [1.165, 1.54) is 0 Å². The molecule has 0 heterocycles. The maximum atomic E-state index is 12.0. The lowest BCUT2D eigenvalue weighted by Gasteiger charge is -2.09. The molecule has 0 amide bonds. The van der Waals surface area contributed by atoms with E-state index in [1.54, 1.807) is 18.2 Å². The van der Waals surface area contributed by atoms with Gasteiger partial charge < -0.3 is 9.47 Å². The first-order valence-electron chi connectivity index (χ1n) is 6.79. The summed E-state index contributed by atoms with van der Waals surface area (Å²) in [4.78, 5) is 12.0. The highest BCUT2D eigenvalue weighted by atomic mass is 79.9. The average molecular weight is 357 g/mol. The van der Waals surface area contributed by atoms with E-state index in [9.17, 15) is 4.79 Å². The summed E-state index contributed by atoms with van der Waals surface area (Å²) in [5.74, 6) is 0.724. The molecule has 0 spiro atoms. The van der Waals surface area contributed by atoms with Crippen LogP contribution in [-0.2, 0) is 4.79 Å². The summed E-state index contributed by atoms with van der Waals surface area (Å²) in [6.45, 7) is -0.139. The molecule has 3 aromatic carbocycles. The fraction of sp³-hybridized carbons (Fsp3) is 0.0556. The fourth-order valence-electron chi connectivity index (χ4n) is 2.14. The Bertz CT molecular complexity index is 809. The standard InChI is InChI=1S/C18H13BrO3/c19-14-7-4-8-15(11-14)21-12-18(20)22-17-10-3-6-13-5-1-2-9-16(13)17/h1-11H,12H2. The van der Waals surface area contributed by atoms with Gasteiger partial charge in [0.2, 0.25) is 0 Å². The Labute approximate surface area is 136 Å². The van der Waals surface area contributed by atoms with Crippen molar-refractivity contribution in [3.8, 4) is 11.5 Å². The third-order valence-electron chi connectivity index (χ3n) is 3.13. The molecule has 0 aliphatic heterocycles. The van der Waals surface area contributed by atoms with Gasteiger partial charge in [-0.2, -0.15) is 0 Å². The Hall–Kier alpha value is -2.33. The molecule has 0 radical (unpaired) electrons. The number of benzene rings is 3. The quantitative estimate of drug-likeness (QED) is 0.506. The minimum Gasteiger partial charge on any atom is -0.482 e. The van der Waals surface area contributed by atoms with E-state index >= 15 is 0 Å². The van der Waals surface area contributed by atoms with Gasteiger partial charge >= 0.3 is 5.97 Å². The first-order chi connectivity index (χ1) is 10.7. The molecular weight excluding hydrogens is 344 g/mol. The van der Waals surface area contributed by atoms with Crippen molar-refractivity contribution in [3.63, 3.8) is 0 Å². The Morgan fingerprint density at radius 1 is 0.955 bits per heavy atom. The molecule has 0 bridgehead atoms. The number of rotatable bonds is 4. The normalized spacial score (nSPS) is 10.4. The highest BCUT2D eigenvalue weighted by molar-refractivity contribution is 9.10. The number of fused-ring (bicyclic) bond motifs is 1. The average Bonchev–Trinajstić information content (AvgIpc) is 2.53. The monoisotopic (exact) mass is 356 g/mol. The second-order valence-electron chi connectivity index (χ2n) is 4.70. The summed E-state index contributed by atoms with van der Waals surface area (Å²) >= 11 is 3.35. The van der Waals surface area contributed by atoms with Crippen LogP contribution < -0.4 is 9.47 Å². The van der Waals surface area contributed by atoms with Crippen molar-refractivity contribution in [3.05, 3.63) is 71.2 Å². The molecule has 0 aliphatic carbocycles. The first kappa shape index (κ1) is 14.6. The maximum Gasteiger partial charge on any atom is 0.349 e. The van der Waals surface area contributed by atoms with Crippen molar-refractivity contribution < 1.29 is 14.3 Å². The van der Waals surface area contributed by atoms with Crippen molar-refractivity contribution in [2.45, 2.75) is 0 Å². The molecule has 110 valence electrons. The van der Waals surface area contributed by atoms with Crippen molar-refractivity contribution >= 4 is 32.7 Å². The van der Waals surface area contributed by atoms with Gasteiger partial charge in [-0.05, 0) is 29.7 Å². The van der Waals surface area contributed by atoms with E-state index in [4.69, 9.17) is 9.47 Å². The molecule has 0 aromatic heterocycles. The van der Waals surface area contributed by atoms with Crippen LogP contribution >= 0.6 is 15.9 Å². The molecule has 0 saturated carbocycles. The van der Waals surface area contributed by atoms with Gasteiger partial charge in [-0.15, -0.1) is 0 Å². The van der Waals surface area contributed by atoms with Crippen molar-refractivity contribution in [1.29, 1.82) is 0 Å². The molecule has 0 saturated heterocycles. The molecule has 0 aliphatic rings. The Balaban J connectivity index is 1.68. The molecule has 0 atom stereocenters. The summed E-state index contributed by atoms with van der Waals surface area (Å²) in [5, 5.41) is 1.93. The lowest BCUT2D eigenvalue weighted by molar-refractivity contribution is -0.136. The van der Waals surface area contributed by atoms with E-state index in [0.717, 1.165) is 15.2 Å². The highest BCUT2D eigenvalue weighted by Gasteiger charge is 2.09. The molecule has 4 heteroatoms. The van der Waals surface area contributed by atoms with E-state index in [2.05, 4.69) is 15.9 Å². The van der Waals surface area contributed by atoms with Crippen LogP contribution in [0.25, 0.3) is 10.8 Å². The summed E-state index contributed by atoms with van der Waals surface area (Å²) in [6.07, 6.45) is 0. The van der Waals surface area contributed by atoms with Crippen LogP contribution in [0, 0.1) is 0 Å². The summed E-state index contributed by atoms with van der Waals surface area (Å²) in [7, 11) is 0. The van der Waals surface area contributed by atoms with Crippen LogP contribution in [0.1, 0.15) is 0 Å². The van der Waals surface area contributed by atoms with Crippen molar-refractivity contribution in [2.24, 2.45) is 0 Å². The topological polar surface area (TPSA) is 35.5 Å². The van der Waals surface area contributed by atoms with Crippen LogP contribution in [-0.4, -0.2) is 12.6 Å². The summed E-state index contributed by atoms with van der Waals surface area (Å²) in [5.41, 5.74) is 0. The highest BCUT2D eigenvalue weighted by Crippen LogP contribution is 2.25. The van der Waals surface area contributed by atoms with Gasteiger partial charge in [0.1, 0.15) is 11.5 Å². The molecule has 3 aromatic rings. The second kappa shape index (κ2) is 6.62. The zero-order chi connectivity index (χ0) is 15.4. The Morgan fingerprint density at radius 2 is 1.73 bits per heavy atom. The second-order valence-corrected chi connectivity index (χ2v) is 5.61. The largest absolute Gasteiger partial charge is 0.482 e. The van der Waals surface area contributed by atoms with E-state index in [1.807, 2.05) is 48.5 Å². The number of hydrogen-bond acceptors (Lipinski definition) is 3. The van der Waals surface area contributed by atoms with Crippen LogP contribution in [0.15, 0.2) is 71.2 Å². The Morgan fingerprint density at radius 3 is 2.59 bits per heavy atom. The zero-order valence-electron chi connectivity index (χ0n) is 11.7. The Kier molecular flexibility index (Phi) is 4.39. The predicted molar refractivity (Wildman–Crippen MR) is 89.2 cm³/mol. The van der Waals surface area contributed by atoms with Crippen LogP contribution in [0.2, 0.25) is 0 Å². The lowest BCUT2D eigenvalue weighted by atomic mass is 10.1. The molecule has 0 unspecified atom stereocenters. The number of carbonyl (C=O) groups excluding carboxylic acids is 1. The van der Waals surface area contributed by atoms with Crippen LogP contribution in [0.3, 0.4) is 0 Å². The molecule has 3 nitrogen and oxygen atoms in total. The molecule has 22 heavy (non-hydrogen) atoms. The summed E-state index contributed by atoms with van der Waals surface area (Å²) < 4.78 is 11.7. The van der Waals surface area contributed by atoms with Gasteiger partial charge in [-0.3, -0.25) is 0 Å². The van der Waals surface area contributed by atoms with Gasteiger partial charge in [0.25, 0.3) is 0 Å². The van der Waals surface area contributed by atoms with Gasteiger partial charge in [-0.1, -0.05) is 58.4 Å². The molecular formula is C18H13BrO3. The van der Waals surface area contributed by atoms with Gasteiger partial charge in [0, 0.05) is 9.86 Å². The molecule has 0 fully saturated rings. The lowest BCUT2D eigenvalue weighted by Crippen LogP contribution is -2.17. The number of ether oxygens (including phenoxy) is 2. The predicted octanol–water partition coefficient (Wildman–Crippen LogP) is 4.59. The number of hydrogen-bond donors (Lipinski definition) is 0. The third kappa shape index (κ3) is 3.46.